The number of nitro benzene ring substituents is 1. The zero-order valence-corrected chi connectivity index (χ0v) is 15.9. The Labute approximate surface area is 171 Å². The first-order valence-corrected chi connectivity index (χ1v) is 9.52. The SMILES string of the molecule is O=C1CCCC2=C1[C@H](c1ccc([N+](=O)[O-])cc1)CC(=O)N2c1ccccc1C(=O)[O-]. The summed E-state index contributed by atoms with van der Waals surface area (Å²) in [6.07, 6.45) is 1.32. The Balaban J connectivity index is 1.85. The molecule has 0 N–H and O–H groups in total. The van der Waals surface area contributed by atoms with Crippen LogP contribution in [0.15, 0.2) is 59.8 Å². The van der Waals surface area contributed by atoms with Crippen LogP contribution in [0.4, 0.5) is 11.4 Å². The molecule has 1 atom stereocenters. The highest BCUT2D eigenvalue weighted by Gasteiger charge is 2.40. The second-order valence-electron chi connectivity index (χ2n) is 7.28. The Bertz CT molecular complexity index is 1100. The molecule has 0 aromatic heterocycles. The fourth-order valence-electron chi connectivity index (χ4n) is 4.23. The maximum absolute atomic E-state index is 13.1. The lowest BCUT2D eigenvalue weighted by atomic mass is 9.77. The van der Waals surface area contributed by atoms with E-state index in [1.54, 1.807) is 24.3 Å². The zero-order valence-electron chi connectivity index (χ0n) is 15.9. The lowest BCUT2D eigenvalue weighted by molar-refractivity contribution is -0.384. The lowest BCUT2D eigenvalue weighted by Gasteiger charge is -2.39. The number of allylic oxidation sites excluding steroid dienone is 2. The summed E-state index contributed by atoms with van der Waals surface area (Å²) >= 11 is 0. The minimum absolute atomic E-state index is 0.0379. The summed E-state index contributed by atoms with van der Waals surface area (Å²) in [5.41, 5.74) is 1.61. The van der Waals surface area contributed by atoms with E-state index in [9.17, 15) is 29.6 Å². The van der Waals surface area contributed by atoms with Crippen LogP contribution in [0.3, 0.4) is 0 Å². The minimum Gasteiger partial charge on any atom is -0.545 e. The van der Waals surface area contributed by atoms with Crippen LogP contribution >= 0.6 is 0 Å². The molecule has 2 aromatic carbocycles. The van der Waals surface area contributed by atoms with Gasteiger partial charge in [-0.2, -0.15) is 0 Å². The number of amides is 1. The minimum atomic E-state index is -1.40. The maximum Gasteiger partial charge on any atom is 0.269 e. The highest BCUT2D eigenvalue weighted by Crippen LogP contribution is 2.44. The van der Waals surface area contributed by atoms with Gasteiger partial charge in [0.1, 0.15) is 0 Å². The summed E-state index contributed by atoms with van der Waals surface area (Å²) in [7, 11) is 0. The van der Waals surface area contributed by atoms with Crippen LogP contribution in [0, 0.1) is 10.1 Å². The quantitative estimate of drug-likeness (QED) is 0.569. The summed E-state index contributed by atoms with van der Waals surface area (Å²) in [4.78, 5) is 49.3. The second-order valence-corrected chi connectivity index (χ2v) is 7.28. The summed E-state index contributed by atoms with van der Waals surface area (Å²) in [6, 6.07) is 11.9. The van der Waals surface area contributed by atoms with Gasteiger partial charge in [-0.25, -0.2) is 0 Å². The molecule has 8 nitrogen and oxygen atoms in total. The molecule has 1 aliphatic carbocycles. The van der Waals surface area contributed by atoms with Crippen LogP contribution in [0.5, 0.6) is 0 Å². The van der Waals surface area contributed by atoms with E-state index in [1.807, 2.05) is 0 Å². The Morgan fingerprint density at radius 2 is 1.73 bits per heavy atom. The van der Waals surface area contributed by atoms with Gasteiger partial charge in [0.05, 0.1) is 16.6 Å². The number of non-ortho nitro benzene ring substituents is 1. The van der Waals surface area contributed by atoms with Gasteiger partial charge < -0.3 is 9.90 Å². The number of anilines is 1. The van der Waals surface area contributed by atoms with E-state index in [1.165, 1.54) is 29.2 Å². The number of carboxylic acids is 1. The predicted molar refractivity (Wildman–Crippen MR) is 105 cm³/mol. The summed E-state index contributed by atoms with van der Waals surface area (Å²) in [6.45, 7) is 0. The van der Waals surface area contributed by atoms with Crippen LogP contribution in [-0.2, 0) is 9.59 Å². The van der Waals surface area contributed by atoms with Crippen LogP contribution < -0.4 is 10.0 Å². The fraction of sp³-hybridized carbons (Fsp3) is 0.227. The van der Waals surface area contributed by atoms with Crippen molar-refractivity contribution in [3.05, 3.63) is 81.0 Å². The summed E-state index contributed by atoms with van der Waals surface area (Å²) < 4.78 is 0. The van der Waals surface area contributed by atoms with Gasteiger partial charge in [-0.3, -0.25) is 24.6 Å². The van der Waals surface area contributed by atoms with Crippen molar-refractivity contribution < 1.29 is 24.4 Å². The van der Waals surface area contributed by atoms with E-state index in [0.29, 0.717) is 36.1 Å². The largest absolute Gasteiger partial charge is 0.545 e. The first-order valence-electron chi connectivity index (χ1n) is 9.52. The molecule has 0 saturated heterocycles. The standard InChI is InChI=1S/C22H18N2O6/c25-19-7-3-6-18-21(19)16(13-8-10-14(11-9-13)24(29)30)12-20(26)23(18)17-5-2-1-4-15(17)22(27)28/h1-2,4-5,8-11,16H,3,6-7,12H2,(H,27,28)/p-1/t16-/m0/s1. The molecule has 1 heterocycles. The van der Waals surface area contributed by atoms with Gasteiger partial charge in [-0.05, 0) is 24.5 Å². The van der Waals surface area contributed by atoms with Gasteiger partial charge in [0.25, 0.3) is 5.69 Å². The lowest BCUT2D eigenvalue weighted by Crippen LogP contribution is -2.41. The number of hydrogen-bond acceptors (Lipinski definition) is 6. The average molecular weight is 405 g/mol. The van der Waals surface area contributed by atoms with E-state index in [4.69, 9.17) is 0 Å². The van der Waals surface area contributed by atoms with Crippen molar-refractivity contribution in [3.63, 3.8) is 0 Å². The molecule has 1 amide bonds. The number of carbonyl (C=O) groups excluding carboxylic acids is 3. The molecule has 0 saturated carbocycles. The van der Waals surface area contributed by atoms with E-state index < -0.39 is 16.8 Å². The zero-order chi connectivity index (χ0) is 21.4. The van der Waals surface area contributed by atoms with Crippen molar-refractivity contribution in [2.24, 2.45) is 0 Å². The Kier molecular flexibility index (Phi) is 4.91. The highest BCUT2D eigenvalue weighted by atomic mass is 16.6. The second kappa shape index (κ2) is 7.55. The van der Waals surface area contributed by atoms with E-state index in [-0.39, 0.29) is 35.0 Å². The first kappa shape index (κ1) is 19.5. The third kappa shape index (κ3) is 3.26. The molecule has 152 valence electrons. The summed E-state index contributed by atoms with van der Waals surface area (Å²) in [5.74, 6) is -2.35. The Morgan fingerprint density at radius 1 is 1.03 bits per heavy atom. The van der Waals surface area contributed by atoms with Crippen LogP contribution in [0.2, 0.25) is 0 Å². The molecule has 0 radical (unpaired) electrons. The first-order chi connectivity index (χ1) is 14.4. The molecule has 8 heteroatoms. The number of aromatic carboxylic acids is 1. The number of Topliss-reactive ketones (excluding diaryl/α,β-unsaturated/α-hetero) is 1. The molecular weight excluding hydrogens is 388 g/mol. The number of nitro groups is 1. The number of carboxylic acid groups (broad SMARTS) is 1. The van der Waals surface area contributed by atoms with Crippen molar-refractivity contribution in [1.29, 1.82) is 0 Å². The maximum atomic E-state index is 13.1. The molecule has 1 aliphatic heterocycles. The number of hydrogen-bond donors (Lipinski definition) is 0. The molecule has 4 rings (SSSR count). The normalized spacial score (nSPS) is 18.9. The third-order valence-electron chi connectivity index (χ3n) is 5.55. The van der Waals surface area contributed by atoms with Crippen molar-refractivity contribution in [2.75, 3.05) is 4.90 Å². The molecule has 0 fully saturated rings. The number of carbonyl (C=O) groups is 3. The van der Waals surface area contributed by atoms with E-state index in [0.717, 1.165) is 0 Å². The van der Waals surface area contributed by atoms with Gasteiger partial charge in [-0.15, -0.1) is 0 Å². The smallest absolute Gasteiger partial charge is 0.269 e. The number of ketones is 1. The fourth-order valence-corrected chi connectivity index (χ4v) is 4.23. The highest BCUT2D eigenvalue weighted by molar-refractivity contribution is 6.09. The predicted octanol–water partition coefficient (Wildman–Crippen LogP) is 2.49. The number of nitrogens with zero attached hydrogens (tertiary/aromatic N) is 2. The molecule has 0 bridgehead atoms. The molecule has 2 aliphatic rings. The van der Waals surface area contributed by atoms with Crippen molar-refractivity contribution in [3.8, 4) is 0 Å². The van der Waals surface area contributed by atoms with Gasteiger partial charge in [0.2, 0.25) is 5.91 Å². The van der Waals surface area contributed by atoms with Crippen molar-refractivity contribution in [1.82, 2.24) is 0 Å². The molecule has 0 spiro atoms. The van der Waals surface area contributed by atoms with Crippen molar-refractivity contribution in [2.45, 2.75) is 31.6 Å². The van der Waals surface area contributed by atoms with Crippen LogP contribution in [-0.4, -0.2) is 22.6 Å². The van der Waals surface area contributed by atoms with Crippen LogP contribution in [0.1, 0.15) is 47.5 Å². The van der Waals surface area contributed by atoms with E-state index >= 15 is 0 Å². The molecule has 0 unspecified atom stereocenters. The number of benzene rings is 2. The number of para-hydroxylation sites is 1. The molecule has 30 heavy (non-hydrogen) atoms. The van der Waals surface area contributed by atoms with E-state index in [2.05, 4.69) is 0 Å². The molecular formula is C22H17N2O6-. The van der Waals surface area contributed by atoms with Crippen molar-refractivity contribution >= 4 is 29.0 Å². The monoisotopic (exact) mass is 405 g/mol. The topological polar surface area (TPSA) is 121 Å². The Morgan fingerprint density at radius 3 is 2.40 bits per heavy atom. The van der Waals surface area contributed by atoms with Gasteiger partial charge in [-0.1, -0.05) is 30.3 Å². The Hall–Kier alpha value is -3.81. The number of rotatable bonds is 4. The average Bonchev–Trinajstić information content (AvgIpc) is 2.73. The molecule has 2 aromatic rings. The van der Waals surface area contributed by atoms with Crippen LogP contribution in [0.25, 0.3) is 0 Å². The summed E-state index contributed by atoms with van der Waals surface area (Å²) in [5, 5.41) is 22.5. The van der Waals surface area contributed by atoms with Gasteiger partial charge in [0.15, 0.2) is 5.78 Å². The van der Waals surface area contributed by atoms with Gasteiger partial charge >= 0.3 is 0 Å². The third-order valence-corrected chi connectivity index (χ3v) is 5.55. The van der Waals surface area contributed by atoms with Gasteiger partial charge in [0, 0.05) is 47.7 Å².